The van der Waals surface area contributed by atoms with Crippen LogP contribution in [0.3, 0.4) is 0 Å². The molecule has 0 atom stereocenters. The molecule has 0 spiro atoms. The van der Waals surface area contributed by atoms with Crippen LogP contribution in [0.4, 0.5) is 5.69 Å². The Morgan fingerprint density at radius 1 is 1.03 bits per heavy atom. The van der Waals surface area contributed by atoms with Crippen molar-refractivity contribution in [3.8, 4) is 0 Å². The molecule has 4 rings (SSSR count). The molecule has 2 heterocycles. The Labute approximate surface area is 183 Å². The Balaban J connectivity index is 1.55. The standard InChI is InChI=1S/C18H19N3O5S4/c1-27-18-19-16-7-2-13(12-17(16)28-18)20-29(22,23)14-3-5-15(6-4-14)30(24,25)21-8-10-26-11-9-21/h2-7,12,20H,8-11H2,1H3. The lowest BCUT2D eigenvalue weighted by Gasteiger charge is -2.26. The van der Waals surface area contributed by atoms with Crippen molar-refractivity contribution in [1.29, 1.82) is 0 Å². The summed E-state index contributed by atoms with van der Waals surface area (Å²) in [7, 11) is -7.54. The van der Waals surface area contributed by atoms with E-state index in [1.807, 2.05) is 6.26 Å². The van der Waals surface area contributed by atoms with E-state index in [9.17, 15) is 16.8 Å². The van der Waals surface area contributed by atoms with E-state index in [0.29, 0.717) is 18.9 Å². The van der Waals surface area contributed by atoms with Crippen molar-refractivity contribution in [2.45, 2.75) is 14.1 Å². The highest BCUT2D eigenvalue weighted by Crippen LogP contribution is 2.30. The van der Waals surface area contributed by atoms with Crippen molar-refractivity contribution >= 4 is 59.0 Å². The third kappa shape index (κ3) is 4.34. The molecule has 160 valence electrons. The maximum atomic E-state index is 12.8. The summed E-state index contributed by atoms with van der Waals surface area (Å²) in [6.45, 7) is 1.25. The fourth-order valence-corrected chi connectivity index (χ4v) is 6.98. The fraction of sp³-hybridized carbons (Fsp3) is 0.278. The van der Waals surface area contributed by atoms with E-state index in [2.05, 4.69) is 9.71 Å². The molecule has 0 aliphatic carbocycles. The van der Waals surface area contributed by atoms with Crippen LogP contribution >= 0.6 is 23.1 Å². The molecule has 30 heavy (non-hydrogen) atoms. The number of rotatable bonds is 6. The maximum absolute atomic E-state index is 12.8. The van der Waals surface area contributed by atoms with E-state index in [1.54, 1.807) is 18.2 Å². The Morgan fingerprint density at radius 3 is 2.37 bits per heavy atom. The monoisotopic (exact) mass is 485 g/mol. The predicted molar refractivity (Wildman–Crippen MR) is 118 cm³/mol. The van der Waals surface area contributed by atoms with Crippen molar-refractivity contribution in [3.05, 3.63) is 42.5 Å². The van der Waals surface area contributed by atoms with E-state index < -0.39 is 20.0 Å². The molecule has 12 heteroatoms. The number of sulfonamides is 2. The molecular weight excluding hydrogens is 466 g/mol. The maximum Gasteiger partial charge on any atom is 0.261 e. The van der Waals surface area contributed by atoms with Crippen LogP contribution in [0.1, 0.15) is 0 Å². The van der Waals surface area contributed by atoms with Gasteiger partial charge in [0.25, 0.3) is 10.0 Å². The Kier molecular flexibility index (Phi) is 6.06. The van der Waals surface area contributed by atoms with Gasteiger partial charge in [0.2, 0.25) is 10.0 Å². The highest BCUT2D eigenvalue weighted by molar-refractivity contribution is 8.00. The molecule has 2 aromatic carbocycles. The summed E-state index contributed by atoms with van der Waals surface area (Å²) in [5, 5.41) is 0. The number of hydrogen-bond acceptors (Lipinski definition) is 8. The van der Waals surface area contributed by atoms with Gasteiger partial charge >= 0.3 is 0 Å². The van der Waals surface area contributed by atoms with Gasteiger partial charge in [-0.25, -0.2) is 21.8 Å². The average molecular weight is 486 g/mol. The summed E-state index contributed by atoms with van der Waals surface area (Å²) >= 11 is 3.02. The molecule has 0 amide bonds. The van der Waals surface area contributed by atoms with Gasteiger partial charge < -0.3 is 4.74 Å². The van der Waals surface area contributed by atoms with Crippen molar-refractivity contribution in [1.82, 2.24) is 9.29 Å². The number of fused-ring (bicyclic) bond motifs is 1. The third-order valence-electron chi connectivity index (χ3n) is 4.54. The van der Waals surface area contributed by atoms with Gasteiger partial charge in [-0.15, -0.1) is 11.3 Å². The van der Waals surface area contributed by atoms with Gasteiger partial charge in [0, 0.05) is 13.1 Å². The first kappa shape index (κ1) is 21.5. The minimum absolute atomic E-state index is 0.0161. The third-order valence-corrected chi connectivity index (χ3v) is 9.85. The highest BCUT2D eigenvalue weighted by Gasteiger charge is 2.27. The van der Waals surface area contributed by atoms with Crippen molar-refractivity contribution in [3.63, 3.8) is 0 Å². The smallest absolute Gasteiger partial charge is 0.261 e. The molecule has 1 fully saturated rings. The zero-order chi connectivity index (χ0) is 21.4. The molecule has 1 aliphatic rings. The van der Waals surface area contributed by atoms with Crippen LogP contribution in [0.25, 0.3) is 10.2 Å². The van der Waals surface area contributed by atoms with Crippen molar-refractivity contribution < 1.29 is 21.6 Å². The lowest BCUT2D eigenvalue weighted by molar-refractivity contribution is 0.0730. The summed E-state index contributed by atoms with van der Waals surface area (Å²) in [5.41, 5.74) is 1.23. The first-order valence-corrected chi connectivity index (χ1v) is 13.9. The zero-order valence-corrected chi connectivity index (χ0v) is 19.2. The molecule has 8 nitrogen and oxygen atoms in total. The molecule has 0 saturated carbocycles. The second-order valence-corrected chi connectivity index (χ2v) is 12.2. The summed E-state index contributed by atoms with van der Waals surface area (Å²) in [6, 6.07) is 10.4. The van der Waals surface area contributed by atoms with Gasteiger partial charge in [0.15, 0.2) is 4.34 Å². The molecule has 3 aromatic rings. The second-order valence-electron chi connectivity index (χ2n) is 6.46. The largest absolute Gasteiger partial charge is 0.379 e. The summed E-state index contributed by atoms with van der Waals surface area (Å²) < 4.78 is 61.7. The second kappa shape index (κ2) is 8.44. The normalized spacial score (nSPS) is 16.0. The Morgan fingerprint density at radius 2 is 1.70 bits per heavy atom. The lowest BCUT2D eigenvalue weighted by Crippen LogP contribution is -2.40. The lowest BCUT2D eigenvalue weighted by atomic mass is 10.3. The van der Waals surface area contributed by atoms with Crippen LogP contribution in [0.2, 0.25) is 0 Å². The van der Waals surface area contributed by atoms with E-state index >= 15 is 0 Å². The quantitative estimate of drug-likeness (QED) is 0.535. The van der Waals surface area contributed by atoms with E-state index in [1.165, 1.54) is 51.7 Å². The van der Waals surface area contributed by atoms with Crippen LogP contribution in [0.5, 0.6) is 0 Å². The highest BCUT2D eigenvalue weighted by atomic mass is 32.2. The van der Waals surface area contributed by atoms with Gasteiger partial charge in [-0.1, -0.05) is 11.8 Å². The summed E-state index contributed by atoms with van der Waals surface area (Å²) in [6.07, 6.45) is 1.93. The molecule has 1 aliphatic heterocycles. The predicted octanol–water partition coefficient (Wildman–Crippen LogP) is 2.84. The summed E-state index contributed by atoms with van der Waals surface area (Å²) in [4.78, 5) is 4.47. The van der Waals surface area contributed by atoms with E-state index in [-0.39, 0.29) is 22.9 Å². The van der Waals surface area contributed by atoms with E-state index in [0.717, 1.165) is 14.6 Å². The Bertz CT molecular complexity index is 1260. The van der Waals surface area contributed by atoms with E-state index in [4.69, 9.17) is 4.74 Å². The average Bonchev–Trinajstić information content (AvgIpc) is 3.17. The number of nitrogens with one attached hydrogen (secondary N) is 1. The van der Waals surface area contributed by atoms with Crippen molar-refractivity contribution in [2.75, 3.05) is 37.3 Å². The number of benzene rings is 2. The number of hydrogen-bond donors (Lipinski definition) is 1. The Hall–Kier alpha value is -1.70. The SMILES string of the molecule is CSc1nc2ccc(NS(=O)(=O)c3ccc(S(=O)(=O)N4CCOCC4)cc3)cc2s1. The molecule has 0 unspecified atom stereocenters. The topological polar surface area (TPSA) is 106 Å². The number of morpholine rings is 1. The molecular formula is C18H19N3O5S4. The fourth-order valence-electron chi connectivity index (χ4n) is 3.00. The van der Waals surface area contributed by atoms with Crippen LogP contribution in [-0.2, 0) is 24.8 Å². The van der Waals surface area contributed by atoms with Gasteiger partial charge in [-0.05, 0) is 48.7 Å². The molecule has 1 aromatic heterocycles. The number of thioether (sulfide) groups is 1. The minimum atomic E-state index is -3.87. The number of ether oxygens (including phenoxy) is 1. The zero-order valence-electron chi connectivity index (χ0n) is 15.9. The van der Waals surface area contributed by atoms with Gasteiger partial charge in [0.1, 0.15) is 0 Å². The first-order valence-electron chi connectivity index (χ1n) is 8.95. The molecule has 0 radical (unpaired) electrons. The molecule has 0 bridgehead atoms. The van der Waals surface area contributed by atoms with Crippen LogP contribution < -0.4 is 4.72 Å². The number of anilines is 1. The number of thiazole rings is 1. The van der Waals surface area contributed by atoms with Gasteiger partial charge in [-0.3, -0.25) is 4.72 Å². The molecule has 1 saturated heterocycles. The van der Waals surface area contributed by atoms with Crippen molar-refractivity contribution in [2.24, 2.45) is 0 Å². The van der Waals surface area contributed by atoms with Gasteiger partial charge in [-0.2, -0.15) is 4.31 Å². The summed E-state index contributed by atoms with van der Waals surface area (Å²) in [5.74, 6) is 0. The first-order chi connectivity index (χ1) is 14.3. The van der Waals surface area contributed by atoms with Crippen LogP contribution in [-0.4, -0.2) is 58.7 Å². The van der Waals surface area contributed by atoms with Crippen LogP contribution in [0, 0.1) is 0 Å². The van der Waals surface area contributed by atoms with Gasteiger partial charge in [0.05, 0.1) is 38.9 Å². The minimum Gasteiger partial charge on any atom is -0.379 e. The number of aromatic nitrogens is 1. The molecule has 1 N–H and O–H groups in total. The number of nitrogens with zero attached hydrogens (tertiary/aromatic N) is 2. The van der Waals surface area contributed by atoms with Crippen LogP contribution in [0.15, 0.2) is 56.6 Å².